The van der Waals surface area contributed by atoms with Gasteiger partial charge in [0.15, 0.2) is 0 Å². The standard InChI is InChI=1S/C25H24N.C5H5.5CO.Fe.W/c1-2-3-18-26-24(21-14-8-5-9-15-21)23(19-20-12-6-4-7-13-20)25(26)22-16-10-11-17-22;1-2-4-5-3-1;5*1-2;;/h4-17,24H,2-3,18H2,1H3;1-5H;;;;;;;. The zero-order valence-electron chi connectivity index (χ0n) is 23.4. The first-order chi connectivity index (χ1) is 20.8. The van der Waals surface area contributed by atoms with Crippen molar-refractivity contribution in [1.82, 2.24) is 4.90 Å². The van der Waals surface area contributed by atoms with Gasteiger partial charge in [0.2, 0.25) is 0 Å². The Morgan fingerprint density at radius 3 is 1.65 bits per heavy atom. The van der Waals surface area contributed by atoms with Gasteiger partial charge in [-0.25, -0.2) is 0 Å². The summed E-state index contributed by atoms with van der Waals surface area (Å²) in [7, 11) is 0. The normalized spacial score (nSPS) is 13.9. The van der Waals surface area contributed by atoms with Gasteiger partial charge in [0.1, 0.15) is 0 Å². The zero-order valence-corrected chi connectivity index (χ0v) is 27.5. The van der Waals surface area contributed by atoms with E-state index in [0.717, 1.165) is 6.54 Å². The van der Waals surface area contributed by atoms with Gasteiger partial charge in [0.05, 0.1) is 0 Å². The predicted octanol–water partition coefficient (Wildman–Crippen LogP) is 6.69. The smallest absolute Gasteiger partial charge is 0.00506 e. The number of unbranched alkanes of at least 4 members (excludes halogenated alkanes) is 1. The maximum Gasteiger partial charge on any atom is 0.00506 e. The molecule has 0 spiro atoms. The zero-order chi connectivity index (χ0) is 32.2. The van der Waals surface area contributed by atoms with E-state index in [0.29, 0.717) is 6.04 Å². The van der Waals surface area contributed by atoms with Crippen LogP contribution in [-0.2, 0) is 59.7 Å². The Hall–Kier alpha value is -3.28. The van der Waals surface area contributed by atoms with E-state index < -0.39 is 0 Å². The summed E-state index contributed by atoms with van der Waals surface area (Å²) in [6.07, 6.45) is 21.2. The van der Waals surface area contributed by atoms with Crippen LogP contribution in [0.3, 0.4) is 0 Å². The second kappa shape index (κ2) is 30.2. The first kappa shape index (κ1) is 44.2. The molecule has 3 aliphatic rings. The van der Waals surface area contributed by atoms with Crippen LogP contribution in [0.4, 0.5) is 0 Å². The summed E-state index contributed by atoms with van der Waals surface area (Å²) in [5.74, 6) is 0. The number of nitrogens with zero attached hydrogens (tertiary/aromatic N) is 1. The van der Waals surface area contributed by atoms with Crippen LogP contribution in [0.25, 0.3) is 0 Å². The fourth-order valence-electron chi connectivity index (χ4n) is 4.21. The van der Waals surface area contributed by atoms with Crippen molar-refractivity contribution in [1.29, 1.82) is 0 Å². The summed E-state index contributed by atoms with van der Waals surface area (Å²) < 4.78 is 39.0. The first-order valence-electron chi connectivity index (χ1n) is 12.4. The molecule has 0 bridgehead atoms. The van der Waals surface area contributed by atoms with Crippen LogP contribution in [0, 0.1) is 46.1 Å². The molecule has 8 heteroatoms. The van der Waals surface area contributed by atoms with Crippen LogP contribution in [-0.4, -0.2) is 15.3 Å². The third-order valence-electron chi connectivity index (χ3n) is 5.77. The SMILES string of the molecule is CCCCN1C(C2=C[CH]C=C2)=C([C](=[W])c2ccccc2)C1c1ccccc1.[C-]#[O+].[C-]#[O+].[C-]#[O+].[C-]#[O+].[C-]#[O+].[CH]1C=CC=C1.[Fe]. The van der Waals surface area contributed by atoms with Gasteiger partial charge in [-0.3, -0.25) is 0 Å². The molecular formula is C35H29FeNO5W. The van der Waals surface area contributed by atoms with Gasteiger partial charge in [0.25, 0.3) is 0 Å². The number of rotatable bonds is 7. The molecule has 0 N–H and O–H groups in total. The summed E-state index contributed by atoms with van der Waals surface area (Å²) in [5, 5.41) is 0. The molecule has 2 aliphatic carbocycles. The number of allylic oxidation sites excluding steroid dienone is 7. The molecule has 1 heterocycles. The summed E-state index contributed by atoms with van der Waals surface area (Å²) in [6, 6.07) is 22.2. The molecule has 43 heavy (non-hydrogen) atoms. The number of hydrogen-bond donors (Lipinski definition) is 0. The van der Waals surface area contributed by atoms with Gasteiger partial charge in [-0.1, -0.05) is 24.3 Å². The Balaban J connectivity index is -0.000000851. The molecule has 0 fully saturated rings. The molecule has 0 saturated carbocycles. The van der Waals surface area contributed by atoms with Gasteiger partial charge in [-0.05, 0) is 0 Å². The van der Waals surface area contributed by atoms with Gasteiger partial charge in [-0.15, -0.1) is 0 Å². The average Bonchev–Trinajstić information content (AvgIpc) is 3.85. The minimum absolute atomic E-state index is 0. The molecule has 2 radical (unpaired) electrons. The molecule has 218 valence electrons. The van der Waals surface area contributed by atoms with Crippen molar-refractivity contribution in [3.63, 3.8) is 0 Å². The van der Waals surface area contributed by atoms with Crippen molar-refractivity contribution >= 4 is 3.90 Å². The van der Waals surface area contributed by atoms with Crippen LogP contribution in [0.2, 0.25) is 0 Å². The second-order valence-corrected chi connectivity index (χ2v) is 9.42. The van der Waals surface area contributed by atoms with E-state index in [1.54, 1.807) is 0 Å². The van der Waals surface area contributed by atoms with E-state index >= 15 is 0 Å². The Labute approximate surface area is 276 Å². The van der Waals surface area contributed by atoms with Crippen molar-refractivity contribution in [3.05, 3.63) is 177 Å². The van der Waals surface area contributed by atoms with E-state index in [9.17, 15) is 0 Å². The average molecular weight is 783 g/mol. The van der Waals surface area contributed by atoms with Crippen LogP contribution in [0.15, 0.2) is 120 Å². The summed E-state index contributed by atoms with van der Waals surface area (Å²) in [5.41, 5.74) is 7.03. The topological polar surface area (TPSA) is 103 Å². The van der Waals surface area contributed by atoms with Crippen molar-refractivity contribution < 1.29 is 59.7 Å². The Bertz CT molecular complexity index is 1270. The predicted molar refractivity (Wildman–Crippen MR) is 152 cm³/mol. The van der Waals surface area contributed by atoms with E-state index in [1.807, 2.05) is 30.7 Å². The van der Waals surface area contributed by atoms with Crippen molar-refractivity contribution in [2.45, 2.75) is 25.8 Å². The van der Waals surface area contributed by atoms with Gasteiger partial charge < -0.3 is 0 Å². The van der Waals surface area contributed by atoms with Crippen molar-refractivity contribution in [3.8, 4) is 0 Å². The summed E-state index contributed by atoms with van der Waals surface area (Å²) in [4.78, 5) is 2.62. The van der Waals surface area contributed by atoms with Gasteiger partial charge in [-0.2, -0.15) is 0 Å². The van der Waals surface area contributed by atoms with Crippen LogP contribution < -0.4 is 0 Å². The van der Waals surface area contributed by atoms with Gasteiger partial charge >= 0.3 is 230 Å². The molecule has 0 saturated heterocycles. The van der Waals surface area contributed by atoms with Crippen molar-refractivity contribution in [2.24, 2.45) is 0 Å². The molecule has 2 aromatic rings. The molecule has 1 unspecified atom stereocenters. The van der Waals surface area contributed by atoms with Crippen LogP contribution >= 0.6 is 0 Å². The molecular weight excluding hydrogens is 754 g/mol. The fraction of sp³-hybridized carbons (Fsp3) is 0.143. The third-order valence-corrected chi connectivity index (χ3v) is 7.40. The third kappa shape index (κ3) is 14.2. The maximum absolute atomic E-state index is 7.50. The minimum atomic E-state index is 0. The fourth-order valence-corrected chi connectivity index (χ4v) is 5.44. The molecule has 1 atom stereocenters. The monoisotopic (exact) mass is 783 g/mol. The molecule has 5 rings (SSSR count). The van der Waals surface area contributed by atoms with Crippen LogP contribution in [0.5, 0.6) is 0 Å². The largest absolute Gasteiger partial charge is 0.0767 e. The van der Waals surface area contributed by atoms with E-state index in [-0.39, 0.29) is 17.1 Å². The first-order valence-corrected chi connectivity index (χ1v) is 13.8. The Kier molecular flexibility index (Phi) is 31.0. The Morgan fingerprint density at radius 2 is 1.23 bits per heavy atom. The minimum Gasteiger partial charge on any atom is -0.0767 e. The van der Waals surface area contributed by atoms with E-state index in [1.165, 1.54) is 64.1 Å². The second-order valence-electron chi connectivity index (χ2n) is 7.95. The molecule has 0 amide bonds. The molecule has 1 aliphatic heterocycles. The van der Waals surface area contributed by atoms with Gasteiger partial charge in [0, 0.05) is 23.5 Å². The molecule has 2 aromatic carbocycles. The summed E-state index contributed by atoms with van der Waals surface area (Å²) >= 11 is 1.53. The maximum atomic E-state index is 7.50. The molecule has 0 aromatic heterocycles. The van der Waals surface area contributed by atoms with Crippen LogP contribution in [0.1, 0.15) is 36.9 Å². The van der Waals surface area contributed by atoms with Crippen molar-refractivity contribution in [2.75, 3.05) is 6.54 Å². The quantitative estimate of drug-likeness (QED) is 0.175. The Morgan fingerprint density at radius 1 is 0.721 bits per heavy atom. The molecule has 6 nitrogen and oxygen atoms in total. The number of benzene rings is 2. The number of hydrogen-bond acceptors (Lipinski definition) is 1. The summed E-state index contributed by atoms with van der Waals surface area (Å²) in [6.45, 7) is 25.9. The van der Waals surface area contributed by atoms with E-state index in [4.69, 9.17) is 23.3 Å². The van der Waals surface area contributed by atoms with E-state index in [2.05, 4.69) is 130 Å².